The molecule has 1 aromatic rings. The highest BCUT2D eigenvalue weighted by Crippen LogP contribution is 2.26. The van der Waals surface area contributed by atoms with Gasteiger partial charge in [-0.15, -0.1) is 0 Å². The summed E-state index contributed by atoms with van der Waals surface area (Å²) in [5.74, 6) is 0.109. The minimum Gasteiger partial charge on any atom is -0.378 e. The van der Waals surface area contributed by atoms with E-state index >= 15 is 0 Å². The van der Waals surface area contributed by atoms with Gasteiger partial charge in [-0.1, -0.05) is 0 Å². The van der Waals surface area contributed by atoms with Gasteiger partial charge in [0.25, 0.3) is 5.91 Å². The van der Waals surface area contributed by atoms with E-state index in [1.54, 1.807) is 0 Å². The summed E-state index contributed by atoms with van der Waals surface area (Å²) in [5.41, 5.74) is 4.00. The number of aromatic nitrogens is 2. The van der Waals surface area contributed by atoms with Crippen LogP contribution >= 0.6 is 0 Å². The maximum Gasteiger partial charge on any atom is 0.253 e. The molecule has 1 atom stereocenters. The number of fused-ring (bicyclic) bond motifs is 1. The van der Waals surface area contributed by atoms with Crippen LogP contribution in [0.15, 0.2) is 0 Å². The van der Waals surface area contributed by atoms with Gasteiger partial charge in [-0.3, -0.25) is 14.4 Å². The Morgan fingerprint density at radius 1 is 1.21 bits per heavy atom. The molecule has 0 N–H and O–H groups in total. The number of carbonyl (C=O) groups is 1. The van der Waals surface area contributed by atoms with Crippen LogP contribution in [0.5, 0.6) is 0 Å². The van der Waals surface area contributed by atoms with E-state index in [4.69, 9.17) is 9.47 Å². The standard InChI is InChI=1S/C17H26N4O3/c1-19-15(13-3-2-4-14(13)18-19)11-20-5-10-24-16(12-20)17(22)21-6-8-23-9-7-21/h16H,2-12H2,1H3. The molecule has 1 amide bonds. The van der Waals surface area contributed by atoms with Crippen molar-refractivity contribution >= 4 is 5.91 Å². The molecule has 24 heavy (non-hydrogen) atoms. The third-order valence-electron chi connectivity index (χ3n) is 5.32. The average Bonchev–Trinajstić information content (AvgIpc) is 3.18. The molecule has 0 spiro atoms. The zero-order valence-corrected chi connectivity index (χ0v) is 14.4. The van der Waals surface area contributed by atoms with Crippen LogP contribution in [0.4, 0.5) is 0 Å². The number of nitrogens with zero attached hydrogens (tertiary/aromatic N) is 4. The predicted octanol–water partition coefficient (Wildman–Crippen LogP) is -0.0316. The molecule has 7 heteroatoms. The van der Waals surface area contributed by atoms with Crippen molar-refractivity contribution in [2.45, 2.75) is 31.9 Å². The molecule has 1 unspecified atom stereocenters. The van der Waals surface area contributed by atoms with Crippen molar-refractivity contribution in [3.8, 4) is 0 Å². The number of aryl methyl sites for hydroxylation is 2. The van der Waals surface area contributed by atoms with E-state index in [1.807, 2.05) is 16.6 Å². The lowest BCUT2D eigenvalue weighted by atomic mass is 10.1. The number of morpholine rings is 2. The second kappa shape index (κ2) is 6.82. The van der Waals surface area contributed by atoms with Gasteiger partial charge in [0.1, 0.15) is 6.10 Å². The van der Waals surface area contributed by atoms with Crippen LogP contribution in [0.2, 0.25) is 0 Å². The van der Waals surface area contributed by atoms with Crippen LogP contribution in [0, 0.1) is 0 Å². The molecule has 1 aromatic heterocycles. The van der Waals surface area contributed by atoms with Gasteiger partial charge in [-0.05, 0) is 24.8 Å². The minimum atomic E-state index is -0.349. The molecule has 0 aromatic carbocycles. The maximum atomic E-state index is 12.7. The Kier molecular flexibility index (Phi) is 4.56. The monoisotopic (exact) mass is 334 g/mol. The van der Waals surface area contributed by atoms with Crippen LogP contribution in [0.3, 0.4) is 0 Å². The third kappa shape index (κ3) is 3.08. The average molecular weight is 334 g/mol. The van der Waals surface area contributed by atoms with E-state index in [9.17, 15) is 4.79 Å². The van der Waals surface area contributed by atoms with Gasteiger partial charge in [0.2, 0.25) is 0 Å². The number of amides is 1. The molecule has 7 nitrogen and oxygen atoms in total. The normalized spacial score (nSPS) is 25.0. The van der Waals surface area contributed by atoms with Gasteiger partial charge < -0.3 is 14.4 Å². The molecule has 0 saturated carbocycles. The second-order valence-corrected chi connectivity index (χ2v) is 6.88. The first kappa shape index (κ1) is 16.1. The summed E-state index contributed by atoms with van der Waals surface area (Å²) in [6, 6.07) is 0. The smallest absolute Gasteiger partial charge is 0.253 e. The molecular weight excluding hydrogens is 308 g/mol. The fourth-order valence-electron chi connectivity index (χ4n) is 3.98. The van der Waals surface area contributed by atoms with Crippen molar-refractivity contribution in [1.29, 1.82) is 0 Å². The van der Waals surface area contributed by atoms with Gasteiger partial charge in [-0.2, -0.15) is 5.10 Å². The summed E-state index contributed by atoms with van der Waals surface area (Å²) >= 11 is 0. The van der Waals surface area contributed by atoms with Crippen LogP contribution in [0.1, 0.15) is 23.4 Å². The summed E-state index contributed by atoms with van der Waals surface area (Å²) in [5, 5.41) is 4.65. The summed E-state index contributed by atoms with van der Waals surface area (Å²) in [6.07, 6.45) is 3.11. The van der Waals surface area contributed by atoms with Gasteiger partial charge in [0, 0.05) is 39.8 Å². The fraction of sp³-hybridized carbons (Fsp3) is 0.765. The number of ether oxygens (including phenoxy) is 2. The van der Waals surface area contributed by atoms with E-state index < -0.39 is 0 Å². The molecule has 3 aliphatic rings. The fourth-order valence-corrected chi connectivity index (χ4v) is 3.98. The molecule has 0 bridgehead atoms. The Morgan fingerprint density at radius 2 is 2.04 bits per heavy atom. The highest BCUT2D eigenvalue weighted by Gasteiger charge is 2.32. The summed E-state index contributed by atoms with van der Waals surface area (Å²) < 4.78 is 13.1. The Bertz CT molecular complexity index is 609. The molecule has 2 saturated heterocycles. The third-order valence-corrected chi connectivity index (χ3v) is 5.32. The molecule has 4 rings (SSSR count). The van der Waals surface area contributed by atoms with Crippen molar-refractivity contribution in [3.63, 3.8) is 0 Å². The van der Waals surface area contributed by atoms with Crippen LogP contribution in [-0.4, -0.2) is 77.6 Å². The highest BCUT2D eigenvalue weighted by atomic mass is 16.5. The molecule has 1 aliphatic carbocycles. The SMILES string of the molecule is Cn1nc2c(c1CN1CCOC(C(=O)N3CCOCC3)C1)CCC2. The van der Waals surface area contributed by atoms with Crippen LogP contribution in [-0.2, 0) is 40.7 Å². The van der Waals surface area contributed by atoms with E-state index in [0.29, 0.717) is 39.5 Å². The predicted molar refractivity (Wildman–Crippen MR) is 87.6 cm³/mol. The first-order valence-electron chi connectivity index (χ1n) is 8.96. The van der Waals surface area contributed by atoms with Gasteiger partial charge in [-0.25, -0.2) is 0 Å². The molecular formula is C17H26N4O3. The van der Waals surface area contributed by atoms with Gasteiger partial charge in [0.05, 0.1) is 31.2 Å². The number of hydrogen-bond acceptors (Lipinski definition) is 5. The topological polar surface area (TPSA) is 59.8 Å². The molecule has 2 fully saturated rings. The summed E-state index contributed by atoms with van der Waals surface area (Å²) in [6.45, 7) is 5.60. The quantitative estimate of drug-likeness (QED) is 0.777. The highest BCUT2D eigenvalue weighted by molar-refractivity contribution is 5.81. The number of carbonyl (C=O) groups excluding carboxylic acids is 1. The van der Waals surface area contributed by atoms with Gasteiger partial charge >= 0.3 is 0 Å². The Balaban J connectivity index is 1.41. The largest absolute Gasteiger partial charge is 0.378 e. The minimum absolute atomic E-state index is 0.109. The lowest BCUT2D eigenvalue weighted by molar-refractivity contribution is -0.153. The zero-order chi connectivity index (χ0) is 16.5. The lowest BCUT2D eigenvalue weighted by Gasteiger charge is -2.36. The molecule has 2 aliphatic heterocycles. The Morgan fingerprint density at radius 3 is 2.88 bits per heavy atom. The molecule has 132 valence electrons. The number of hydrogen-bond donors (Lipinski definition) is 0. The first-order chi connectivity index (χ1) is 11.7. The summed E-state index contributed by atoms with van der Waals surface area (Å²) in [4.78, 5) is 16.9. The van der Waals surface area contributed by atoms with E-state index in [1.165, 1.54) is 23.4 Å². The Hall–Kier alpha value is -1.44. The molecule has 3 heterocycles. The van der Waals surface area contributed by atoms with Crippen molar-refractivity contribution in [2.75, 3.05) is 46.0 Å². The van der Waals surface area contributed by atoms with Crippen LogP contribution in [0.25, 0.3) is 0 Å². The van der Waals surface area contributed by atoms with Gasteiger partial charge in [0.15, 0.2) is 0 Å². The van der Waals surface area contributed by atoms with E-state index in [-0.39, 0.29) is 12.0 Å². The first-order valence-corrected chi connectivity index (χ1v) is 8.96. The van der Waals surface area contributed by atoms with Crippen molar-refractivity contribution in [2.24, 2.45) is 7.05 Å². The maximum absolute atomic E-state index is 12.7. The van der Waals surface area contributed by atoms with E-state index in [2.05, 4.69) is 10.00 Å². The number of rotatable bonds is 3. The molecule has 0 radical (unpaired) electrons. The zero-order valence-electron chi connectivity index (χ0n) is 14.4. The van der Waals surface area contributed by atoms with Crippen LogP contribution < -0.4 is 0 Å². The second-order valence-electron chi connectivity index (χ2n) is 6.88. The van der Waals surface area contributed by atoms with Crippen molar-refractivity contribution in [1.82, 2.24) is 19.6 Å². The van der Waals surface area contributed by atoms with E-state index in [0.717, 1.165) is 25.9 Å². The Labute approximate surface area is 142 Å². The van der Waals surface area contributed by atoms with Crippen molar-refractivity contribution in [3.05, 3.63) is 17.0 Å². The summed E-state index contributed by atoms with van der Waals surface area (Å²) in [7, 11) is 2.03. The van der Waals surface area contributed by atoms with Crippen molar-refractivity contribution < 1.29 is 14.3 Å². The lowest BCUT2D eigenvalue weighted by Crippen LogP contribution is -2.53.